The molecule has 6 aromatic rings. The summed E-state index contributed by atoms with van der Waals surface area (Å²) in [6.45, 7) is 19.1. The van der Waals surface area contributed by atoms with Gasteiger partial charge in [0.25, 0.3) is 0 Å². The van der Waals surface area contributed by atoms with Crippen molar-refractivity contribution in [3.05, 3.63) is 158 Å². The van der Waals surface area contributed by atoms with Crippen LogP contribution in [0, 0.1) is 13.8 Å². The maximum atomic E-state index is 2.64. The van der Waals surface area contributed by atoms with E-state index in [0.717, 1.165) is 0 Å². The summed E-state index contributed by atoms with van der Waals surface area (Å²) in [5.74, 6) is 0.686. The summed E-state index contributed by atoms with van der Waals surface area (Å²) in [4.78, 5) is 5.77. The third-order valence-corrected chi connectivity index (χ3v) is 20.4. The van der Waals surface area contributed by atoms with Crippen LogP contribution in [0.4, 0.5) is 0 Å². The van der Waals surface area contributed by atoms with Crippen LogP contribution in [0.1, 0.15) is 53.6 Å². The minimum Gasteiger partial charge on any atom is -1.00 e. The third kappa shape index (κ3) is 7.88. The number of fused-ring (bicyclic) bond motifs is 2. The van der Waals surface area contributed by atoms with Crippen LogP contribution in [-0.2, 0) is 23.2 Å². The molecule has 2 unspecified atom stereocenters. The first-order valence-corrected chi connectivity index (χ1v) is 29.2. The molecule has 2 atom stereocenters. The van der Waals surface area contributed by atoms with E-state index in [2.05, 4.69) is 174 Å². The zero-order valence-corrected chi connectivity index (χ0v) is 39.4. The van der Waals surface area contributed by atoms with Gasteiger partial charge in [-0.2, -0.15) is 0 Å². The third-order valence-electron chi connectivity index (χ3n) is 10.6. The summed E-state index contributed by atoms with van der Waals surface area (Å²) in [5.41, 5.74) is 11.3. The van der Waals surface area contributed by atoms with Gasteiger partial charge in [-0.3, -0.25) is 0 Å². The Morgan fingerprint density at radius 3 is 1.17 bits per heavy atom. The Balaban J connectivity index is 0.00000240. The summed E-state index contributed by atoms with van der Waals surface area (Å²) in [6.07, 6.45) is 5.28. The normalized spacial score (nSPS) is 16.2. The van der Waals surface area contributed by atoms with Gasteiger partial charge in [-0.25, -0.2) is 0 Å². The molecule has 0 nitrogen and oxygen atoms in total. The number of benzene rings is 4. The topological polar surface area (TPSA) is 0 Å². The summed E-state index contributed by atoms with van der Waals surface area (Å²) < 4.78 is 3.36. The molecule has 0 fully saturated rings. The van der Waals surface area contributed by atoms with Gasteiger partial charge in [0.1, 0.15) is 0 Å². The number of halogens is 2. The molecular weight excluding hydrogens is 835 g/mol. The summed E-state index contributed by atoms with van der Waals surface area (Å²) in [5, 5.41) is 3.04. The SMILES string of the molecule is Cc1ccc(C2[C]([Zr+2][C]3=Cc4c(-c5ccc([Si](C)(C)C)cc5)cccc4C3c3ccc(C)s3)=Cc3c(-c4ccc([Si](C)(C)C)cc4)cccc32)s1.[Cl-].[Cl-]. The predicted octanol–water partition coefficient (Wildman–Crippen LogP) is 6.61. The number of rotatable bonds is 8. The summed E-state index contributed by atoms with van der Waals surface area (Å²) >= 11 is 2.75. The average molecular weight is 881 g/mol. The van der Waals surface area contributed by atoms with Gasteiger partial charge >= 0.3 is 329 Å². The first-order chi connectivity index (χ1) is 24.3. The van der Waals surface area contributed by atoms with Gasteiger partial charge in [-0.05, 0) is 0 Å². The van der Waals surface area contributed by atoms with Gasteiger partial charge in [-0.1, -0.05) is 0 Å². The molecule has 2 aromatic heterocycles. The molecule has 2 heterocycles. The largest absolute Gasteiger partial charge is 1.00 e. The second-order valence-corrected chi connectivity index (χ2v) is 32.6. The Hall–Kier alpha value is -2.34. The van der Waals surface area contributed by atoms with Gasteiger partial charge < -0.3 is 24.8 Å². The molecule has 0 aliphatic heterocycles. The molecule has 0 amide bonds. The number of thiophene rings is 2. The van der Waals surface area contributed by atoms with E-state index < -0.39 is 39.4 Å². The molecule has 0 saturated heterocycles. The number of hydrogen-bond acceptors (Lipinski definition) is 2. The standard InChI is InChI=1S/2C23H23SSi.2ClH.Zr/c2*1-16-8-15-23(24-16)22-14-13-21-19(6-5-7-20(21)22)17-9-11-18(12-10-17)25(2,3)4;;;/h2*5-13,15,22H,1-4H3;2*1H;/q;;;;+2/p-2. The predicted molar refractivity (Wildman–Crippen MR) is 227 cm³/mol. The molecular formula is C46H46Cl2S2Si2Zr. The Bertz CT molecular complexity index is 2170. The minimum absolute atomic E-state index is 0. The van der Waals surface area contributed by atoms with Gasteiger partial charge in [-0.15, -0.1) is 0 Å². The van der Waals surface area contributed by atoms with E-state index in [-0.39, 0.29) is 24.8 Å². The van der Waals surface area contributed by atoms with Crippen LogP contribution in [0.3, 0.4) is 0 Å². The summed E-state index contributed by atoms with van der Waals surface area (Å²) in [6, 6.07) is 42.7. The molecule has 0 N–H and O–H groups in total. The van der Waals surface area contributed by atoms with Crippen molar-refractivity contribution in [3.63, 3.8) is 0 Å². The Labute approximate surface area is 350 Å². The fourth-order valence-corrected chi connectivity index (χ4v) is 16.8. The van der Waals surface area contributed by atoms with E-state index in [1.807, 2.05) is 22.7 Å². The van der Waals surface area contributed by atoms with Gasteiger partial charge in [0.2, 0.25) is 0 Å². The van der Waals surface area contributed by atoms with Crippen molar-refractivity contribution in [2.45, 2.75) is 65.0 Å². The van der Waals surface area contributed by atoms with Crippen LogP contribution in [0.15, 0.2) is 116 Å². The Morgan fingerprint density at radius 2 is 0.849 bits per heavy atom. The molecule has 53 heavy (non-hydrogen) atoms. The second-order valence-electron chi connectivity index (χ2n) is 16.4. The molecule has 0 radical (unpaired) electrons. The monoisotopic (exact) mass is 878 g/mol. The molecule has 2 aliphatic carbocycles. The van der Waals surface area contributed by atoms with Crippen molar-refractivity contribution in [1.82, 2.24) is 0 Å². The fraction of sp³-hybridized carbons (Fsp3) is 0.217. The van der Waals surface area contributed by atoms with E-state index >= 15 is 0 Å². The van der Waals surface area contributed by atoms with E-state index in [1.165, 1.54) is 74.4 Å². The van der Waals surface area contributed by atoms with Crippen LogP contribution in [-0.4, -0.2) is 16.1 Å². The van der Waals surface area contributed by atoms with Crippen LogP contribution < -0.4 is 35.2 Å². The quantitative estimate of drug-likeness (QED) is 0.151. The van der Waals surface area contributed by atoms with Crippen molar-refractivity contribution in [1.29, 1.82) is 0 Å². The van der Waals surface area contributed by atoms with E-state index in [1.54, 1.807) is 6.56 Å². The molecule has 268 valence electrons. The summed E-state index contributed by atoms with van der Waals surface area (Å²) in [7, 11) is -2.73. The first-order valence-electron chi connectivity index (χ1n) is 18.2. The Morgan fingerprint density at radius 1 is 0.472 bits per heavy atom. The van der Waals surface area contributed by atoms with Crippen molar-refractivity contribution in [2.75, 3.05) is 0 Å². The molecule has 4 aromatic carbocycles. The smallest absolute Gasteiger partial charge is 1.00 e. The van der Waals surface area contributed by atoms with E-state index in [0.29, 0.717) is 11.8 Å². The maximum absolute atomic E-state index is 2.64. The van der Waals surface area contributed by atoms with Gasteiger partial charge in [0.05, 0.1) is 0 Å². The van der Waals surface area contributed by atoms with Crippen molar-refractivity contribution in [3.8, 4) is 22.3 Å². The van der Waals surface area contributed by atoms with Crippen molar-refractivity contribution < 1.29 is 48.0 Å². The molecule has 2 aliphatic rings. The first kappa shape index (κ1) is 40.3. The maximum Gasteiger partial charge on any atom is -1.00 e. The van der Waals surface area contributed by atoms with Gasteiger partial charge in [0, 0.05) is 0 Å². The number of allylic oxidation sites excluding steroid dienone is 2. The average Bonchev–Trinajstić information content (AvgIpc) is 3.88. The zero-order chi connectivity index (χ0) is 35.7. The van der Waals surface area contributed by atoms with Crippen LogP contribution >= 0.6 is 22.7 Å². The van der Waals surface area contributed by atoms with Crippen molar-refractivity contribution >= 4 is 61.3 Å². The molecule has 0 bridgehead atoms. The molecule has 7 heteroatoms. The molecule has 8 rings (SSSR count). The van der Waals surface area contributed by atoms with Crippen molar-refractivity contribution in [2.24, 2.45) is 0 Å². The minimum atomic E-state index is -1.37. The Kier molecular flexibility index (Phi) is 11.9. The number of aryl methyl sites for hydroxylation is 2. The van der Waals surface area contributed by atoms with Crippen LogP contribution in [0.2, 0.25) is 39.3 Å². The van der Waals surface area contributed by atoms with Gasteiger partial charge in [0.15, 0.2) is 0 Å². The van der Waals surface area contributed by atoms with E-state index in [4.69, 9.17) is 0 Å². The van der Waals surface area contributed by atoms with Crippen LogP contribution in [0.5, 0.6) is 0 Å². The molecule has 0 spiro atoms. The zero-order valence-electron chi connectivity index (χ0n) is 31.8. The number of hydrogen-bond donors (Lipinski definition) is 0. The second kappa shape index (κ2) is 15.7. The molecule has 0 saturated carbocycles. The fourth-order valence-electron chi connectivity index (χ4n) is 7.82. The van der Waals surface area contributed by atoms with Crippen LogP contribution in [0.25, 0.3) is 34.4 Å². The van der Waals surface area contributed by atoms with E-state index in [9.17, 15) is 0 Å².